The Morgan fingerprint density at radius 1 is 0.812 bits per heavy atom. The predicted molar refractivity (Wildman–Crippen MR) is 110 cm³/mol. The van der Waals surface area contributed by atoms with Crippen LogP contribution in [0.25, 0.3) is 0 Å². The van der Waals surface area contributed by atoms with Gasteiger partial charge >= 0.3 is 0 Å². The van der Waals surface area contributed by atoms with Crippen molar-refractivity contribution < 1.29 is 29.6 Å². The van der Waals surface area contributed by atoms with Crippen LogP contribution >= 0.6 is 0 Å². The molecule has 0 aliphatic rings. The van der Waals surface area contributed by atoms with Gasteiger partial charge in [0.05, 0.1) is 22.3 Å². The predicted octanol–water partition coefficient (Wildman–Crippen LogP) is 1.29. The van der Waals surface area contributed by atoms with Crippen molar-refractivity contribution in [1.29, 1.82) is 0 Å². The van der Waals surface area contributed by atoms with E-state index in [0.717, 1.165) is 48.8 Å². The van der Waals surface area contributed by atoms with E-state index in [0.29, 0.717) is 0 Å². The summed E-state index contributed by atoms with van der Waals surface area (Å²) < 4.78 is 0. The smallest absolute Gasteiger partial charge is 0.270 e. The molecule has 0 saturated carbocycles. The number of nitrogens with zero attached hydrogens (tertiary/aromatic N) is 4. The lowest BCUT2D eigenvalue weighted by molar-refractivity contribution is -0.385. The van der Waals surface area contributed by atoms with Crippen LogP contribution in [0.3, 0.4) is 0 Å². The number of rotatable bonds is 9. The van der Waals surface area contributed by atoms with Gasteiger partial charge < -0.3 is 10.2 Å². The number of non-ortho nitro benzene ring substituents is 2. The fourth-order valence-electron chi connectivity index (χ4n) is 2.20. The first-order valence-electron chi connectivity index (χ1n) is 8.76. The van der Waals surface area contributed by atoms with E-state index >= 15 is 0 Å². The third kappa shape index (κ3) is 6.87. The first kappa shape index (κ1) is 23.4. The first-order valence-corrected chi connectivity index (χ1v) is 8.76. The van der Waals surface area contributed by atoms with Gasteiger partial charge in [-0.25, -0.2) is 10.9 Å². The molecule has 14 nitrogen and oxygen atoms in total. The Balaban J connectivity index is 1.82. The van der Waals surface area contributed by atoms with Crippen molar-refractivity contribution in [2.75, 3.05) is 0 Å². The Morgan fingerprint density at radius 2 is 1.19 bits per heavy atom. The van der Waals surface area contributed by atoms with Gasteiger partial charge in [0.2, 0.25) is 11.8 Å². The van der Waals surface area contributed by atoms with Crippen molar-refractivity contribution in [3.8, 4) is 11.5 Å². The molecule has 32 heavy (non-hydrogen) atoms. The molecule has 2 amide bonds. The van der Waals surface area contributed by atoms with Crippen molar-refractivity contribution in [1.82, 2.24) is 10.9 Å². The SMILES string of the molecule is O=C(CCC(=O)NN=Cc1cc([N+](=O)[O-])ccc1O)NN=Cc1cc([N+](=O)[O-])ccc1O. The highest BCUT2D eigenvalue weighted by Crippen LogP contribution is 2.22. The number of phenols is 2. The maximum absolute atomic E-state index is 11.7. The maximum Gasteiger partial charge on any atom is 0.270 e. The standard InChI is InChI=1S/C18H16N6O8/c25-15-3-1-13(23(29)30)7-11(15)9-19-21-17(27)5-6-18(28)22-20-10-12-8-14(24(31)32)2-4-16(12)26/h1-4,7-10,25-26H,5-6H2,(H,21,27)(H,22,28). The summed E-state index contributed by atoms with van der Waals surface area (Å²) in [5, 5.41) is 47.9. The van der Waals surface area contributed by atoms with Crippen LogP contribution in [0.4, 0.5) is 11.4 Å². The molecule has 0 unspecified atom stereocenters. The van der Waals surface area contributed by atoms with Gasteiger partial charge in [0, 0.05) is 48.2 Å². The molecule has 4 N–H and O–H groups in total. The fraction of sp³-hybridized carbons (Fsp3) is 0.111. The second-order valence-electron chi connectivity index (χ2n) is 6.09. The molecule has 166 valence electrons. The Hall–Kier alpha value is -4.88. The molecule has 0 atom stereocenters. The molecule has 2 aromatic rings. The first-order chi connectivity index (χ1) is 15.2. The maximum atomic E-state index is 11.7. The number of nitro groups is 2. The zero-order chi connectivity index (χ0) is 23.7. The molecule has 0 aromatic heterocycles. The van der Waals surface area contributed by atoms with Crippen LogP contribution in [0.15, 0.2) is 46.6 Å². The summed E-state index contributed by atoms with van der Waals surface area (Å²) in [4.78, 5) is 43.6. The lowest BCUT2D eigenvalue weighted by Crippen LogP contribution is -2.22. The van der Waals surface area contributed by atoms with E-state index in [4.69, 9.17) is 0 Å². The summed E-state index contributed by atoms with van der Waals surface area (Å²) in [6.07, 6.45) is 1.47. The average Bonchev–Trinajstić information content (AvgIpc) is 2.74. The van der Waals surface area contributed by atoms with Gasteiger partial charge in [0.15, 0.2) is 0 Å². The Morgan fingerprint density at radius 3 is 1.53 bits per heavy atom. The number of nitro benzene ring substituents is 2. The van der Waals surface area contributed by atoms with Crippen LogP contribution in [-0.4, -0.2) is 44.3 Å². The summed E-state index contributed by atoms with van der Waals surface area (Å²) in [6, 6.07) is 6.56. The van der Waals surface area contributed by atoms with E-state index < -0.39 is 21.7 Å². The lowest BCUT2D eigenvalue weighted by atomic mass is 10.2. The minimum atomic E-state index is -0.656. The van der Waals surface area contributed by atoms with Crippen molar-refractivity contribution >= 4 is 35.6 Å². The van der Waals surface area contributed by atoms with Gasteiger partial charge in [-0.1, -0.05) is 0 Å². The molecule has 0 heterocycles. The van der Waals surface area contributed by atoms with Gasteiger partial charge in [0.25, 0.3) is 11.4 Å². The van der Waals surface area contributed by atoms with Crippen molar-refractivity contribution in [3.63, 3.8) is 0 Å². The summed E-state index contributed by atoms with van der Waals surface area (Å²) in [7, 11) is 0. The van der Waals surface area contributed by atoms with Crippen molar-refractivity contribution in [2.45, 2.75) is 12.8 Å². The molecule has 0 fully saturated rings. The summed E-state index contributed by atoms with van der Waals surface area (Å²) in [5.41, 5.74) is 3.68. The number of amides is 2. The van der Waals surface area contributed by atoms with Crippen molar-refractivity contribution in [3.05, 3.63) is 67.8 Å². The number of phenolic OH excluding ortho intramolecular Hbond substituents is 2. The monoisotopic (exact) mass is 444 g/mol. The number of benzene rings is 2. The highest BCUT2D eigenvalue weighted by molar-refractivity contribution is 5.88. The number of aromatic hydroxyl groups is 2. The number of hydrogen-bond acceptors (Lipinski definition) is 10. The molecule has 0 radical (unpaired) electrons. The average molecular weight is 444 g/mol. The normalized spacial score (nSPS) is 10.9. The Kier molecular flexibility index (Phi) is 7.88. The number of nitrogens with one attached hydrogen (secondary N) is 2. The minimum Gasteiger partial charge on any atom is -0.507 e. The van der Waals surface area contributed by atoms with Gasteiger partial charge in [-0.2, -0.15) is 10.2 Å². The number of hydrogen-bond donors (Lipinski definition) is 4. The summed E-state index contributed by atoms with van der Waals surface area (Å²) in [5.74, 6) is -1.86. The number of hydrazone groups is 2. The molecule has 14 heteroatoms. The topological polar surface area (TPSA) is 210 Å². The van der Waals surface area contributed by atoms with E-state index in [2.05, 4.69) is 21.1 Å². The van der Waals surface area contributed by atoms with Gasteiger partial charge in [-0.15, -0.1) is 0 Å². The quantitative estimate of drug-likeness (QED) is 0.251. The van der Waals surface area contributed by atoms with E-state index in [1.54, 1.807) is 0 Å². The molecule has 0 aliphatic carbocycles. The largest absolute Gasteiger partial charge is 0.507 e. The van der Waals surface area contributed by atoms with Crippen LogP contribution < -0.4 is 10.9 Å². The minimum absolute atomic E-state index is 0.0102. The lowest BCUT2D eigenvalue weighted by Gasteiger charge is -2.01. The van der Waals surface area contributed by atoms with E-state index in [-0.39, 0.29) is 46.8 Å². The molecule has 2 rings (SSSR count). The fourth-order valence-corrected chi connectivity index (χ4v) is 2.20. The highest BCUT2D eigenvalue weighted by Gasteiger charge is 2.10. The Bertz CT molecular complexity index is 1030. The van der Waals surface area contributed by atoms with Gasteiger partial charge in [-0.05, 0) is 12.1 Å². The third-order valence-electron chi connectivity index (χ3n) is 3.81. The van der Waals surface area contributed by atoms with Crippen LogP contribution in [0.2, 0.25) is 0 Å². The molecule has 2 aromatic carbocycles. The van der Waals surface area contributed by atoms with Crippen LogP contribution in [-0.2, 0) is 9.59 Å². The zero-order valence-electron chi connectivity index (χ0n) is 16.2. The third-order valence-corrected chi connectivity index (χ3v) is 3.81. The van der Waals surface area contributed by atoms with Crippen LogP contribution in [0.5, 0.6) is 11.5 Å². The summed E-state index contributed by atoms with van der Waals surface area (Å²) >= 11 is 0. The Labute approximate surface area is 179 Å². The van der Waals surface area contributed by atoms with Crippen LogP contribution in [0.1, 0.15) is 24.0 Å². The molecule has 0 spiro atoms. The van der Waals surface area contributed by atoms with Crippen LogP contribution in [0, 0.1) is 20.2 Å². The molecule has 0 bridgehead atoms. The molecule has 0 aliphatic heterocycles. The second-order valence-corrected chi connectivity index (χ2v) is 6.09. The number of carbonyl (C=O) groups is 2. The highest BCUT2D eigenvalue weighted by atomic mass is 16.6. The van der Waals surface area contributed by atoms with E-state index in [1.165, 1.54) is 0 Å². The van der Waals surface area contributed by atoms with Gasteiger partial charge in [-0.3, -0.25) is 29.8 Å². The van der Waals surface area contributed by atoms with Crippen molar-refractivity contribution in [2.24, 2.45) is 10.2 Å². The van der Waals surface area contributed by atoms with Gasteiger partial charge in [0.1, 0.15) is 11.5 Å². The molecular formula is C18H16N6O8. The summed E-state index contributed by atoms with van der Waals surface area (Å²) in [6.45, 7) is 0. The van der Waals surface area contributed by atoms with E-state index in [9.17, 15) is 40.0 Å². The number of carbonyl (C=O) groups excluding carboxylic acids is 2. The molecular weight excluding hydrogens is 428 g/mol. The zero-order valence-corrected chi connectivity index (χ0v) is 16.2. The molecule has 0 saturated heterocycles. The van der Waals surface area contributed by atoms with E-state index in [1.807, 2.05) is 0 Å². The second kappa shape index (κ2) is 10.8.